The fraction of sp³-hybridized carbons (Fsp3) is 0.625. The minimum Gasteiger partial charge on any atom is -0.493 e. The summed E-state index contributed by atoms with van der Waals surface area (Å²) in [4.78, 5) is 0. The van der Waals surface area contributed by atoms with Gasteiger partial charge >= 0.3 is 0 Å². The van der Waals surface area contributed by atoms with Crippen LogP contribution in [0.4, 0.5) is 0 Å². The van der Waals surface area contributed by atoms with Crippen molar-refractivity contribution in [3.63, 3.8) is 0 Å². The summed E-state index contributed by atoms with van der Waals surface area (Å²) in [5.74, 6) is 2.10. The lowest BCUT2D eigenvalue weighted by atomic mass is 9.89. The van der Waals surface area contributed by atoms with E-state index in [1.807, 2.05) is 12.1 Å². The Balaban J connectivity index is 2.17. The van der Waals surface area contributed by atoms with Crippen molar-refractivity contribution in [2.24, 2.45) is 11.7 Å². The molecule has 1 aromatic carbocycles. The molecule has 0 saturated heterocycles. The SMILES string of the molecule is COc1cc(CCN)cc(Cl)c1OC1CCCC(C)C1. The molecule has 1 aliphatic rings. The molecule has 2 rings (SSSR count). The van der Waals surface area contributed by atoms with Crippen molar-refractivity contribution in [3.8, 4) is 11.5 Å². The molecule has 2 unspecified atom stereocenters. The highest BCUT2D eigenvalue weighted by molar-refractivity contribution is 6.32. The van der Waals surface area contributed by atoms with Crippen LogP contribution in [-0.4, -0.2) is 19.8 Å². The van der Waals surface area contributed by atoms with Crippen LogP contribution in [-0.2, 0) is 6.42 Å². The van der Waals surface area contributed by atoms with E-state index >= 15 is 0 Å². The van der Waals surface area contributed by atoms with E-state index in [0.717, 1.165) is 30.7 Å². The number of hydrogen-bond donors (Lipinski definition) is 1. The van der Waals surface area contributed by atoms with E-state index in [-0.39, 0.29) is 6.10 Å². The van der Waals surface area contributed by atoms with Gasteiger partial charge in [-0.25, -0.2) is 0 Å². The molecule has 112 valence electrons. The normalized spacial score (nSPS) is 22.6. The zero-order chi connectivity index (χ0) is 14.5. The molecule has 1 fully saturated rings. The molecule has 3 nitrogen and oxygen atoms in total. The molecule has 0 aliphatic heterocycles. The maximum atomic E-state index is 6.36. The van der Waals surface area contributed by atoms with Crippen molar-refractivity contribution in [2.75, 3.05) is 13.7 Å². The van der Waals surface area contributed by atoms with Crippen molar-refractivity contribution < 1.29 is 9.47 Å². The maximum Gasteiger partial charge on any atom is 0.180 e. The van der Waals surface area contributed by atoms with Crippen molar-refractivity contribution in [2.45, 2.75) is 45.1 Å². The van der Waals surface area contributed by atoms with Crippen molar-refractivity contribution in [3.05, 3.63) is 22.7 Å². The van der Waals surface area contributed by atoms with Crippen molar-refractivity contribution in [1.29, 1.82) is 0 Å². The lowest BCUT2D eigenvalue weighted by molar-refractivity contribution is 0.125. The monoisotopic (exact) mass is 297 g/mol. The first-order valence-electron chi connectivity index (χ1n) is 7.37. The molecule has 0 bridgehead atoms. The number of benzene rings is 1. The Hall–Kier alpha value is -0.930. The van der Waals surface area contributed by atoms with Gasteiger partial charge in [0.1, 0.15) is 0 Å². The molecule has 0 radical (unpaired) electrons. The van der Waals surface area contributed by atoms with Gasteiger partial charge in [-0.15, -0.1) is 0 Å². The molecule has 2 atom stereocenters. The topological polar surface area (TPSA) is 44.5 Å². The Kier molecular flexibility index (Phi) is 5.55. The molecule has 1 aliphatic carbocycles. The maximum absolute atomic E-state index is 6.36. The molecule has 4 heteroatoms. The van der Waals surface area contributed by atoms with Gasteiger partial charge in [0.05, 0.1) is 18.2 Å². The third kappa shape index (κ3) is 3.80. The number of ether oxygens (including phenoxy) is 2. The van der Waals surface area contributed by atoms with E-state index < -0.39 is 0 Å². The molecule has 1 saturated carbocycles. The highest BCUT2D eigenvalue weighted by Crippen LogP contribution is 2.39. The average Bonchev–Trinajstić information content (AvgIpc) is 2.42. The van der Waals surface area contributed by atoms with Crippen LogP contribution in [0.15, 0.2) is 12.1 Å². The molecule has 0 amide bonds. The van der Waals surface area contributed by atoms with E-state index in [9.17, 15) is 0 Å². The third-order valence-electron chi connectivity index (χ3n) is 3.90. The van der Waals surface area contributed by atoms with Gasteiger partial charge in [-0.05, 0) is 55.8 Å². The van der Waals surface area contributed by atoms with Gasteiger partial charge in [-0.2, -0.15) is 0 Å². The van der Waals surface area contributed by atoms with Crippen LogP contribution >= 0.6 is 11.6 Å². The Bertz CT molecular complexity index is 450. The first kappa shape index (κ1) is 15.5. The Morgan fingerprint density at radius 2 is 2.15 bits per heavy atom. The summed E-state index contributed by atoms with van der Waals surface area (Å²) in [5, 5.41) is 0.617. The van der Waals surface area contributed by atoms with Gasteiger partial charge in [0.2, 0.25) is 0 Å². The van der Waals surface area contributed by atoms with E-state index in [1.165, 1.54) is 12.8 Å². The number of methoxy groups -OCH3 is 1. The summed E-state index contributed by atoms with van der Waals surface area (Å²) in [6, 6.07) is 3.90. The average molecular weight is 298 g/mol. The summed E-state index contributed by atoms with van der Waals surface area (Å²) < 4.78 is 11.6. The zero-order valence-corrected chi connectivity index (χ0v) is 13.1. The second kappa shape index (κ2) is 7.19. The molecular formula is C16H24ClNO2. The van der Waals surface area contributed by atoms with Crippen LogP contribution in [0.25, 0.3) is 0 Å². The van der Waals surface area contributed by atoms with E-state index in [2.05, 4.69) is 6.92 Å². The van der Waals surface area contributed by atoms with Gasteiger partial charge in [0.15, 0.2) is 11.5 Å². The largest absolute Gasteiger partial charge is 0.493 e. The number of halogens is 1. The standard InChI is InChI=1S/C16H24ClNO2/c1-11-4-3-5-13(8-11)20-16-14(17)9-12(6-7-18)10-15(16)19-2/h9-11,13H,3-8,18H2,1-2H3. The quantitative estimate of drug-likeness (QED) is 0.899. The van der Waals surface area contributed by atoms with Gasteiger partial charge in [0, 0.05) is 0 Å². The lowest BCUT2D eigenvalue weighted by Crippen LogP contribution is -2.24. The number of hydrogen-bond acceptors (Lipinski definition) is 3. The first-order valence-corrected chi connectivity index (χ1v) is 7.75. The minimum absolute atomic E-state index is 0.241. The van der Waals surface area contributed by atoms with Crippen molar-refractivity contribution in [1.82, 2.24) is 0 Å². The van der Waals surface area contributed by atoms with Crippen LogP contribution in [0.3, 0.4) is 0 Å². The summed E-state index contributed by atoms with van der Waals surface area (Å²) in [6.07, 6.45) is 5.72. The molecular weight excluding hydrogens is 274 g/mol. The lowest BCUT2D eigenvalue weighted by Gasteiger charge is -2.28. The van der Waals surface area contributed by atoms with E-state index in [1.54, 1.807) is 7.11 Å². The predicted octanol–water partition coefficient (Wildman–Crippen LogP) is 3.81. The minimum atomic E-state index is 0.241. The molecule has 1 aromatic rings. The zero-order valence-electron chi connectivity index (χ0n) is 12.3. The molecule has 0 aromatic heterocycles. The Morgan fingerprint density at radius 3 is 2.80 bits per heavy atom. The van der Waals surface area contributed by atoms with Gasteiger partial charge in [-0.3, -0.25) is 0 Å². The Labute approximate surface area is 126 Å². The van der Waals surface area contributed by atoms with Crippen LogP contribution in [0.1, 0.15) is 38.2 Å². The van der Waals surface area contributed by atoms with Crippen molar-refractivity contribution >= 4 is 11.6 Å². The summed E-state index contributed by atoms with van der Waals surface area (Å²) in [7, 11) is 1.65. The predicted molar refractivity (Wildman–Crippen MR) is 82.8 cm³/mol. The van der Waals surface area contributed by atoms with Gasteiger partial charge in [-0.1, -0.05) is 24.9 Å². The smallest absolute Gasteiger partial charge is 0.180 e. The van der Waals surface area contributed by atoms with Crippen LogP contribution < -0.4 is 15.2 Å². The second-order valence-corrected chi connectivity index (χ2v) is 6.07. The number of nitrogens with two attached hydrogens (primary N) is 1. The van der Waals surface area contributed by atoms with Gasteiger partial charge in [0.25, 0.3) is 0 Å². The number of rotatable bonds is 5. The summed E-state index contributed by atoms with van der Waals surface area (Å²) >= 11 is 6.36. The summed E-state index contributed by atoms with van der Waals surface area (Å²) in [6.45, 7) is 2.87. The van der Waals surface area contributed by atoms with E-state index in [0.29, 0.717) is 23.1 Å². The fourth-order valence-corrected chi connectivity index (χ4v) is 3.13. The Morgan fingerprint density at radius 1 is 1.35 bits per heavy atom. The summed E-state index contributed by atoms with van der Waals surface area (Å²) in [5.41, 5.74) is 6.67. The molecule has 0 heterocycles. The third-order valence-corrected chi connectivity index (χ3v) is 4.18. The molecule has 20 heavy (non-hydrogen) atoms. The molecule has 2 N–H and O–H groups in total. The highest BCUT2D eigenvalue weighted by atomic mass is 35.5. The molecule has 0 spiro atoms. The fourth-order valence-electron chi connectivity index (χ4n) is 2.85. The highest BCUT2D eigenvalue weighted by Gasteiger charge is 2.23. The second-order valence-electron chi connectivity index (χ2n) is 5.66. The van der Waals surface area contributed by atoms with E-state index in [4.69, 9.17) is 26.8 Å². The van der Waals surface area contributed by atoms with Crippen LogP contribution in [0, 0.1) is 5.92 Å². The van der Waals surface area contributed by atoms with Crippen LogP contribution in [0.2, 0.25) is 5.02 Å². The van der Waals surface area contributed by atoms with Gasteiger partial charge < -0.3 is 15.2 Å². The first-order chi connectivity index (χ1) is 9.63. The van der Waals surface area contributed by atoms with Crippen LogP contribution in [0.5, 0.6) is 11.5 Å².